The summed E-state index contributed by atoms with van der Waals surface area (Å²) in [6.45, 7) is 7.72. The predicted molar refractivity (Wildman–Crippen MR) is 82.3 cm³/mol. The van der Waals surface area contributed by atoms with Crippen LogP contribution in [0.3, 0.4) is 0 Å². The third-order valence-electron chi connectivity index (χ3n) is 5.00. The third kappa shape index (κ3) is 2.90. The monoisotopic (exact) mass is 304 g/mol. The molecular weight excluding hydrogens is 280 g/mol. The van der Waals surface area contributed by atoms with Crippen LogP contribution < -0.4 is 0 Å². The quantitative estimate of drug-likeness (QED) is 0.857. The van der Waals surface area contributed by atoms with Crippen LogP contribution in [0.2, 0.25) is 0 Å². The van der Waals surface area contributed by atoms with Crippen molar-refractivity contribution in [3.63, 3.8) is 0 Å². The minimum absolute atomic E-state index is 0.198. The lowest BCUT2D eigenvalue weighted by molar-refractivity contribution is -0.00618. The Kier molecular flexibility index (Phi) is 4.50. The first-order valence-electron chi connectivity index (χ1n) is 7.87. The molecule has 3 rings (SSSR count). The Morgan fingerprint density at radius 1 is 1.36 bits per heavy atom. The van der Waals surface area contributed by atoms with Crippen molar-refractivity contribution in [2.24, 2.45) is 7.05 Å². The van der Waals surface area contributed by atoms with Crippen LogP contribution in [0.25, 0.3) is 0 Å². The zero-order chi connectivity index (χ0) is 15.7. The second-order valence-corrected chi connectivity index (χ2v) is 6.29. The SMILES string of the molecule is Cc1c(CN2C[C@H](O)[C@@H](N3CCOCC3)C2)cc(C#N)n1C. The second kappa shape index (κ2) is 6.39. The van der Waals surface area contributed by atoms with E-state index in [2.05, 4.69) is 15.9 Å². The number of β-amino-alcohol motifs (C(OH)–C–C–N with tert-alkyl or cyclic N) is 1. The number of hydrogen-bond acceptors (Lipinski definition) is 5. The Bertz CT molecular complexity index is 571. The molecule has 0 radical (unpaired) electrons. The predicted octanol–water partition coefficient (Wildman–Crippen LogP) is 0.0825. The number of ether oxygens (including phenoxy) is 1. The fraction of sp³-hybridized carbons (Fsp3) is 0.688. The van der Waals surface area contributed by atoms with E-state index in [9.17, 15) is 5.11 Å². The Balaban J connectivity index is 1.66. The maximum Gasteiger partial charge on any atom is 0.120 e. The van der Waals surface area contributed by atoms with Crippen LogP contribution in [0.1, 0.15) is 17.0 Å². The van der Waals surface area contributed by atoms with Crippen molar-refractivity contribution in [1.29, 1.82) is 5.26 Å². The average Bonchev–Trinajstić information content (AvgIpc) is 3.03. The summed E-state index contributed by atoms with van der Waals surface area (Å²) in [5.74, 6) is 0. The summed E-state index contributed by atoms with van der Waals surface area (Å²) in [6, 6.07) is 4.38. The van der Waals surface area contributed by atoms with E-state index in [4.69, 9.17) is 10.00 Å². The van der Waals surface area contributed by atoms with Crippen LogP contribution in [0, 0.1) is 18.3 Å². The molecule has 2 atom stereocenters. The van der Waals surface area contributed by atoms with E-state index in [-0.39, 0.29) is 12.1 Å². The Morgan fingerprint density at radius 2 is 2.09 bits per heavy atom. The van der Waals surface area contributed by atoms with E-state index in [1.165, 1.54) is 5.56 Å². The largest absolute Gasteiger partial charge is 0.390 e. The van der Waals surface area contributed by atoms with Crippen molar-refractivity contribution < 1.29 is 9.84 Å². The van der Waals surface area contributed by atoms with Crippen LogP contribution in [-0.4, -0.2) is 71.0 Å². The topological polar surface area (TPSA) is 64.7 Å². The molecule has 1 aromatic heterocycles. The fourth-order valence-electron chi connectivity index (χ4n) is 3.51. The van der Waals surface area contributed by atoms with E-state index < -0.39 is 0 Å². The van der Waals surface area contributed by atoms with Gasteiger partial charge in [-0.05, 0) is 18.6 Å². The molecule has 2 saturated heterocycles. The Morgan fingerprint density at radius 3 is 2.73 bits per heavy atom. The number of nitriles is 1. The summed E-state index contributed by atoms with van der Waals surface area (Å²) < 4.78 is 7.32. The first kappa shape index (κ1) is 15.5. The molecule has 0 aliphatic carbocycles. The number of aliphatic hydroxyl groups excluding tert-OH is 1. The van der Waals surface area contributed by atoms with Gasteiger partial charge >= 0.3 is 0 Å². The maximum atomic E-state index is 10.4. The van der Waals surface area contributed by atoms with E-state index in [1.807, 2.05) is 24.6 Å². The minimum atomic E-state index is -0.308. The van der Waals surface area contributed by atoms with E-state index in [1.54, 1.807) is 0 Å². The summed E-state index contributed by atoms with van der Waals surface area (Å²) in [5, 5.41) is 19.5. The summed E-state index contributed by atoms with van der Waals surface area (Å²) in [6.07, 6.45) is -0.308. The van der Waals surface area contributed by atoms with Gasteiger partial charge in [-0.25, -0.2) is 0 Å². The van der Waals surface area contributed by atoms with E-state index in [0.29, 0.717) is 12.2 Å². The maximum absolute atomic E-state index is 10.4. The zero-order valence-corrected chi connectivity index (χ0v) is 13.3. The molecule has 6 heteroatoms. The van der Waals surface area contributed by atoms with Crippen LogP contribution >= 0.6 is 0 Å². The highest BCUT2D eigenvalue weighted by atomic mass is 16.5. The highest BCUT2D eigenvalue weighted by Crippen LogP contribution is 2.22. The van der Waals surface area contributed by atoms with Gasteiger partial charge in [0.25, 0.3) is 0 Å². The van der Waals surface area contributed by atoms with Gasteiger partial charge in [0, 0.05) is 51.5 Å². The summed E-state index contributed by atoms with van der Waals surface area (Å²) in [7, 11) is 1.92. The first-order valence-corrected chi connectivity index (χ1v) is 7.87. The number of rotatable bonds is 3. The third-order valence-corrected chi connectivity index (χ3v) is 5.00. The number of morpholine rings is 1. The van der Waals surface area contributed by atoms with Crippen molar-refractivity contribution in [2.45, 2.75) is 25.6 Å². The number of nitrogens with zero attached hydrogens (tertiary/aromatic N) is 4. The Hall–Kier alpha value is -1.39. The molecule has 0 amide bonds. The number of hydrogen-bond donors (Lipinski definition) is 1. The van der Waals surface area contributed by atoms with Crippen molar-refractivity contribution in [3.8, 4) is 6.07 Å². The molecule has 0 saturated carbocycles. The van der Waals surface area contributed by atoms with Crippen LogP contribution in [0.15, 0.2) is 6.07 Å². The fourth-order valence-corrected chi connectivity index (χ4v) is 3.51. The molecule has 0 aromatic carbocycles. The average molecular weight is 304 g/mol. The normalized spacial score (nSPS) is 27.2. The van der Waals surface area contributed by atoms with Crippen molar-refractivity contribution in [2.75, 3.05) is 39.4 Å². The lowest BCUT2D eigenvalue weighted by atomic mass is 10.1. The summed E-state index contributed by atoms with van der Waals surface area (Å²) in [4.78, 5) is 4.63. The van der Waals surface area contributed by atoms with E-state index >= 15 is 0 Å². The molecule has 22 heavy (non-hydrogen) atoms. The van der Waals surface area contributed by atoms with Gasteiger partial charge in [-0.1, -0.05) is 0 Å². The molecule has 3 heterocycles. The molecule has 2 aliphatic rings. The van der Waals surface area contributed by atoms with Gasteiger partial charge in [0.1, 0.15) is 11.8 Å². The van der Waals surface area contributed by atoms with Gasteiger partial charge in [0.2, 0.25) is 0 Å². The van der Waals surface area contributed by atoms with Crippen LogP contribution in [0.5, 0.6) is 0 Å². The van der Waals surface area contributed by atoms with E-state index in [0.717, 1.165) is 45.1 Å². The lowest BCUT2D eigenvalue weighted by Gasteiger charge is -2.33. The van der Waals surface area contributed by atoms with Gasteiger partial charge in [0.15, 0.2) is 0 Å². The molecular formula is C16H24N4O2. The van der Waals surface area contributed by atoms with Crippen molar-refractivity contribution in [3.05, 3.63) is 23.0 Å². The number of aliphatic hydroxyl groups is 1. The molecule has 120 valence electrons. The highest BCUT2D eigenvalue weighted by Gasteiger charge is 2.36. The minimum Gasteiger partial charge on any atom is -0.390 e. The Labute approximate surface area is 131 Å². The van der Waals surface area contributed by atoms with Crippen molar-refractivity contribution >= 4 is 0 Å². The molecule has 2 aliphatic heterocycles. The number of likely N-dealkylation sites (tertiary alicyclic amines) is 1. The van der Waals surface area contributed by atoms with Gasteiger partial charge in [0.05, 0.1) is 19.3 Å². The van der Waals surface area contributed by atoms with Gasteiger partial charge < -0.3 is 14.4 Å². The summed E-state index contributed by atoms with van der Waals surface area (Å²) in [5.41, 5.74) is 2.99. The van der Waals surface area contributed by atoms with Crippen LogP contribution in [-0.2, 0) is 18.3 Å². The van der Waals surface area contributed by atoms with Gasteiger partial charge in [-0.15, -0.1) is 0 Å². The lowest BCUT2D eigenvalue weighted by Crippen LogP contribution is -2.48. The molecule has 0 bridgehead atoms. The smallest absolute Gasteiger partial charge is 0.120 e. The molecule has 0 spiro atoms. The standard InChI is InChI=1S/C16H24N4O2/c1-12-13(7-14(8-17)18(12)2)9-19-10-15(16(21)11-19)20-3-5-22-6-4-20/h7,15-16,21H,3-6,9-11H2,1-2H3/t15-,16-/m0/s1. The second-order valence-electron chi connectivity index (χ2n) is 6.29. The highest BCUT2D eigenvalue weighted by molar-refractivity contribution is 5.34. The number of aromatic nitrogens is 1. The van der Waals surface area contributed by atoms with Gasteiger partial charge in [-0.3, -0.25) is 9.80 Å². The molecule has 1 aromatic rings. The van der Waals surface area contributed by atoms with Crippen LogP contribution in [0.4, 0.5) is 0 Å². The molecule has 2 fully saturated rings. The van der Waals surface area contributed by atoms with Gasteiger partial charge in [-0.2, -0.15) is 5.26 Å². The first-order chi connectivity index (χ1) is 10.6. The van der Waals surface area contributed by atoms with Crippen molar-refractivity contribution in [1.82, 2.24) is 14.4 Å². The summed E-state index contributed by atoms with van der Waals surface area (Å²) >= 11 is 0. The molecule has 1 N–H and O–H groups in total. The molecule has 0 unspecified atom stereocenters. The molecule has 6 nitrogen and oxygen atoms in total. The zero-order valence-electron chi connectivity index (χ0n) is 13.3.